The Labute approximate surface area is 106 Å². The SMILES string of the molecule is CC1CN(C2(CN)CCCC2C)CC(C)(C)O1. The van der Waals surface area contributed by atoms with Crippen LogP contribution in [-0.2, 0) is 4.74 Å². The van der Waals surface area contributed by atoms with Gasteiger partial charge in [0.15, 0.2) is 0 Å². The monoisotopic (exact) mass is 240 g/mol. The topological polar surface area (TPSA) is 38.5 Å². The van der Waals surface area contributed by atoms with Crippen molar-refractivity contribution in [1.82, 2.24) is 4.90 Å². The van der Waals surface area contributed by atoms with Gasteiger partial charge < -0.3 is 10.5 Å². The highest BCUT2D eigenvalue weighted by Crippen LogP contribution is 2.41. The predicted octanol–water partition coefficient (Wildman–Crippen LogP) is 2.00. The van der Waals surface area contributed by atoms with Crippen molar-refractivity contribution < 1.29 is 4.74 Å². The molecule has 0 amide bonds. The van der Waals surface area contributed by atoms with E-state index in [0.29, 0.717) is 12.0 Å². The predicted molar refractivity (Wildman–Crippen MR) is 71.0 cm³/mol. The molecular formula is C14H28N2O. The molecule has 3 atom stereocenters. The fraction of sp³-hybridized carbons (Fsp3) is 1.00. The van der Waals surface area contributed by atoms with E-state index in [9.17, 15) is 0 Å². The van der Waals surface area contributed by atoms with E-state index in [1.54, 1.807) is 0 Å². The van der Waals surface area contributed by atoms with Gasteiger partial charge in [0.25, 0.3) is 0 Å². The summed E-state index contributed by atoms with van der Waals surface area (Å²) in [6, 6.07) is 0. The lowest BCUT2D eigenvalue weighted by Gasteiger charge is -2.51. The maximum atomic E-state index is 6.14. The summed E-state index contributed by atoms with van der Waals surface area (Å²) >= 11 is 0. The van der Waals surface area contributed by atoms with E-state index < -0.39 is 0 Å². The maximum Gasteiger partial charge on any atom is 0.0757 e. The van der Waals surface area contributed by atoms with Crippen molar-refractivity contribution >= 4 is 0 Å². The van der Waals surface area contributed by atoms with Crippen LogP contribution in [0.1, 0.15) is 47.0 Å². The van der Waals surface area contributed by atoms with Gasteiger partial charge in [0, 0.05) is 25.2 Å². The van der Waals surface area contributed by atoms with Crippen LogP contribution in [0.3, 0.4) is 0 Å². The number of nitrogens with two attached hydrogens (primary N) is 1. The maximum absolute atomic E-state index is 6.14. The molecule has 1 saturated heterocycles. The molecule has 3 nitrogen and oxygen atoms in total. The minimum absolute atomic E-state index is 0.0395. The quantitative estimate of drug-likeness (QED) is 0.802. The first-order valence-electron chi connectivity index (χ1n) is 7.02. The molecule has 0 spiro atoms. The van der Waals surface area contributed by atoms with Crippen LogP contribution in [0.4, 0.5) is 0 Å². The molecule has 2 N–H and O–H groups in total. The molecule has 0 aromatic rings. The summed E-state index contributed by atoms with van der Waals surface area (Å²) in [7, 11) is 0. The smallest absolute Gasteiger partial charge is 0.0757 e. The Bertz CT molecular complexity index is 279. The lowest BCUT2D eigenvalue weighted by atomic mass is 9.84. The summed E-state index contributed by atoms with van der Waals surface area (Å²) in [6.45, 7) is 11.8. The van der Waals surface area contributed by atoms with Gasteiger partial charge in [-0.2, -0.15) is 0 Å². The average molecular weight is 240 g/mol. The van der Waals surface area contributed by atoms with E-state index >= 15 is 0 Å². The highest BCUT2D eigenvalue weighted by Gasteiger charge is 2.47. The molecule has 100 valence electrons. The van der Waals surface area contributed by atoms with Crippen molar-refractivity contribution in [2.45, 2.75) is 64.2 Å². The van der Waals surface area contributed by atoms with Gasteiger partial charge in [0.05, 0.1) is 11.7 Å². The van der Waals surface area contributed by atoms with Crippen molar-refractivity contribution in [3.05, 3.63) is 0 Å². The molecule has 1 saturated carbocycles. The normalized spacial score (nSPS) is 42.9. The number of hydrogen-bond donors (Lipinski definition) is 1. The number of ether oxygens (including phenoxy) is 1. The molecule has 2 fully saturated rings. The van der Waals surface area contributed by atoms with Gasteiger partial charge in [-0.1, -0.05) is 13.3 Å². The van der Waals surface area contributed by atoms with Gasteiger partial charge in [-0.25, -0.2) is 0 Å². The highest BCUT2D eigenvalue weighted by atomic mass is 16.5. The second kappa shape index (κ2) is 4.52. The Morgan fingerprint density at radius 3 is 2.53 bits per heavy atom. The minimum atomic E-state index is -0.0395. The van der Waals surface area contributed by atoms with E-state index in [0.717, 1.165) is 19.6 Å². The average Bonchev–Trinajstić information content (AvgIpc) is 2.57. The number of nitrogens with zero attached hydrogens (tertiary/aromatic N) is 1. The van der Waals surface area contributed by atoms with Crippen LogP contribution in [0.5, 0.6) is 0 Å². The zero-order valence-corrected chi connectivity index (χ0v) is 11.8. The molecule has 2 rings (SSSR count). The number of hydrogen-bond acceptors (Lipinski definition) is 3. The summed E-state index contributed by atoms with van der Waals surface area (Å²) < 4.78 is 6.01. The van der Waals surface area contributed by atoms with Crippen LogP contribution in [-0.4, -0.2) is 41.8 Å². The third-order valence-corrected chi connectivity index (χ3v) is 4.72. The molecular weight excluding hydrogens is 212 g/mol. The van der Waals surface area contributed by atoms with Gasteiger partial charge >= 0.3 is 0 Å². The molecule has 0 aromatic carbocycles. The fourth-order valence-electron chi connectivity index (χ4n) is 3.92. The van der Waals surface area contributed by atoms with Gasteiger partial charge in [0.2, 0.25) is 0 Å². The van der Waals surface area contributed by atoms with Crippen LogP contribution in [0.2, 0.25) is 0 Å². The van der Waals surface area contributed by atoms with Crippen molar-refractivity contribution in [3.63, 3.8) is 0 Å². The molecule has 1 heterocycles. The molecule has 1 aliphatic carbocycles. The van der Waals surface area contributed by atoms with Crippen molar-refractivity contribution in [2.24, 2.45) is 11.7 Å². The van der Waals surface area contributed by atoms with Crippen LogP contribution < -0.4 is 5.73 Å². The molecule has 0 bridgehead atoms. The summed E-state index contributed by atoms with van der Waals surface area (Å²) in [6.07, 6.45) is 4.22. The molecule has 17 heavy (non-hydrogen) atoms. The van der Waals surface area contributed by atoms with Crippen LogP contribution in [0.15, 0.2) is 0 Å². The molecule has 3 unspecified atom stereocenters. The molecule has 2 aliphatic rings. The lowest BCUT2D eigenvalue weighted by molar-refractivity contribution is -0.156. The number of rotatable bonds is 2. The molecule has 0 aromatic heterocycles. The van der Waals surface area contributed by atoms with E-state index in [4.69, 9.17) is 10.5 Å². The zero-order chi connectivity index (χ0) is 12.7. The van der Waals surface area contributed by atoms with Gasteiger partial charge in [-0.3, -0.25) is 4.90 Å². The first-order chi connectivity index (χ1) is 7.89. The van der Waals surface area contributed by atoms with E-state index in [1.165, 1.54) is 19.3 Å². The summed E-state index contributed by atoms with van der Waals surface area (Å²) in [5, 5.41) is 0. The Kier molecular flexibility index (Phi) is 3.54. The van der Waals surface area contributed by atoms with Crippen LogP contribution in [0, 0.1) is 5.92 Å². The summed E-state index contributed by atoms with van der Waals surface area (Å²) in [4.78, 5) is 2.62. The van der Waals surface area contributed by atoms with Gasteiger partial charge in [-0.15, -0.1) is 0 Å². The first kappa shape index (κ1) is 13.3. The second-order valence-electron chi connectivity index (χ2n) is 6.67. The highest BCUT2D eigenvalue weighted by molar-refractivity contribution is 5.03. The zero-order valence-electron chi connectivity index (χ0n) is 11.8. The second-order valence-corrected chi connectivity index (χ2v) is 6.67. The third-order valence-electron chi connectivity index (χ3n) is 4.72. The lowest BCUT2D eigenvalue weighted by Crippen LogP contribution is -2.64. The fourth-order valence-corrected chi connectivity index (χ4v) is 3.92. The largest absolute Gasteiger partial charge is 0.370 e. The van der Waals surface area contributed by atoms with Crippen molar-refractivity contribution in [3.8, 4) is 0 Å². The first-order valence-corrected chi connectivity index (χ1v) is 7.02. The Morgan fingerprint density at radius 1 is 1.35 bits per heavy atom. The number of morpholine rings is 1. The standard InChI is InChI=1S/C14H28N2O/c1-11-6-5-7-14(11,9-15)16-8-12(2)17-13(3,4)10-16/h11-12H,5-10,15H2,1-4H3. The van der Waals surface area contributed by atoms with Gasteiger partial charge in [0.1, 0.15) is 0 Å². The van der Waals surface area contributed by atoms with E-state index in [1.807, 2.05) is 0 Å². The van der Waals surface area contributed by atoms with E-state index in [2.05, 4.69) is 32.6 Å². The summed E-state index contributed by atoms with van der Waals surface area (Å²) in [5.41, 5.74) is 6.33. The Morgan fingerprint density at radius 2 is 2.06 bits per heavy atom. The van der Waals surface area contributed by atoms with Crippen molar-refractivity contribution in [2.75, 3.05) is 19.6 Å². The van der Waals surface area contributed by atoms with E-state index in [-0.39, 0.29) is 11.1 Å². The van der Waals surface area contributed by atoms with Crippen molar-refractivity contribution in [1.29, 1.82) is 0 Å². The van der Waals surface area contributed by atoms with Crippen LogP contribution >= 0.6 is 0 Å². The molecule has 1 aliphatic heterocycles. The summed E-state index contributed by atoms with van der Waals surface area (Å²) in [5.74, 6) is 0.716. The third kappa shape index (κ3) is 2.38. The molecule has 0 radical (unpaired) electrons. The Balaban J connectivity index is 2.19. The van der Waals surface area contributed by atoms with Crippen LogP contribution in [0.25, 0.3) is 0 Å². The van der Waals surface area contributed by atoms with Gasteiger partial charge in [-0.05, 0) is 39.5 Å². The Hall–Kier alpha value is -0.120. The minimum Gasteiger partial charge on any atom is -0.370 e. The molecule has 3 heteroatoms.